The monoisotopic (exact) mass is 352 g/mol. The lowest BCUT2D eigenvalue weighted by atomic mass is 10.4. The summed E-state index contributed by atoms with van der Waals surface area (Å²) >= 11 is 3.10. The van der Waals surface area contributed by atoms with E-state index in [2.05, 4.69) is 20.8 Å². The van der Waals surface area contributed by atoms with Gasteiger partial charge in [-0.1, -0.05) is 0 Å². The second kappa shape index (κ2) is 5.92. The van der Waals surface area contributed by atoms with Crippen LogP contribution in [0.1, 0.15) is 12.2 Å². The second-order valence-electron chi connectivity index (χ2n) is 4.57. The molecule has 0 radical (unpaired) electrons. The van der Waals surface area contributed by atoms with Crippen molar-refractivity contribution in [3.8, 4) is 0 Å². The first kappa shape index (κ1) is 15.0. The van der Waals surface area contributed by atoms with Crippen LogP contribution in [0, 0.1) is 0 Å². The molecule has 0 unspecified atom stereocenters. The van der Waals surface area contributed by atoms with E-state index in [0.29, 0.717) is 19.6 Å². The maximum absolute atomic E-state index is 12.5. The zero-order chi connectivity index (χ0) is 14.0. The van der Waals surface area contributed by atoms with E-state index in [0.717, 1.165) is 13.0 Å². The highest BCUT2D eigenvalue weighted by Crippen LogP contribution is 2.29. The molecule has 1 aliphatic heterocycles. The van der Waals surface area contributed by atoms with E-state index in [-0.39, 0.29) is 21.9 Å². The predicted octanol–water partition coefficient (Wildman–Crippen LogP) is 0.861. The smallest absolute Gasteiger partial charge is 0.247 e. The molecule has 0 aromatic carbocycles. The molecule has 8 heteroatoms. The van der Waals surface area contributed by atoms with Crippen molar-refractivity contribution in [2.75, 3.05) is 33.2 Å². The van der Waals surface area contributed by atoms with Crippen molar-refractivity contribution < 1.29 is 17.9 Å². The molecule has 1 aromatic heterocycles. The van der Waals surface area contributed by atoms with E-state index in [1.165, 1.54) is 10.4 Å². The van der Waals surface area contributed by atoms with Gasteiger partial charge in [-0.25, -0.2) is 8.42 Å². The minimum Gasteiger partial charge on any atom is -0.450 e. The number of likely N-dealkylation sites (N-methyl/N-ethyl adjacent to an activating group) is 1. The zero-order valence-electron chi connectivity index (χ0n) is 10.7. The molecule has 0 aliphatic carbocycles. The number of furan rings is 1. The summed E-state index contributed by atoms with van der Waals surface area (Å²) in [5, 5.41) is 9.00. The molecule has 1 fully saturated rings. The summed E-state index contributed by atoms with van der Waals surface area (Å²) in [4.78, 5) is 2.19. The minimum atomic E-state index is -3.57. The van der Waals surface area contributed by atoms with Crippen molar-refractivity contribution in [2.45, 2.75) is 17.9 Å². The van der Waals surface area contributed by atoms with Gasteiger partial charge in [0, 0.05) is 25.7 Å². The van der Waals surface area contributed by atoms with Crippen LogP contribution in [-0.4, -0.2) is 56.0 Å². The Labute approximate surface area is 121 Å². The number of nitrogens with zero attached hydrogens (tertiary/aromatic N) is 2. The highest BCUT2D eigenvalue weighted by molar-refractivity contribution is 9.10. The first-order valence-electron chi connectivity index (χ1n) is 6.03. The SMILES string of the molecule is CN1CCCN(S(=O)(=O)c2cc(CO)oc2Br)CC1. The highest BCUT2D eigenvalue weighted by atomic mass is 79.9. The van der Waals surface area contributed by atoms with Crippen LogP contribution in [-0.2, 0) is 16.6 Å². The third-order valence-electron chi connectivity index (χ3n) is 3.16. The molecule has 0 atom stereocenters. The van der Waals surface area contributed by atoms with E-state index in [1.807, 2.05) is 7.05 Å². The third-order valence-corrected chi connectivity index (χ3v) is 5.91. The second-order valence-corrected chi connectivity index (χ2v) is 7.20. The summed E-state index contributed by atoms with van der Waals surface area (Å²) in [6.07, 6.45) is 0.804. The van der Waals surface area contributed by atoms with Crippen LogP contribution in [0.2, 0.25) is 0 Å². The topological polar surface area (TPSA) is 74.0 Å². The fourth-order valence-electron chi connectivity index (χ4n) is 2.05. The normalized spacial score (nSPS) is 19.5. The lowest BCUT2D eigenvalue weighted by Gasteiger charge is -2.19. The average molecular weight is 353 g/mol. The summed E-state index contributed by atoms with van der Waals surface area (Å²) < 4.78 is 31.8. The quantitative estimate of drug-likeness (QED) is 0.873. The van der Waals surface area contributed by atoms with Crippen LogP contribution >= 0.6 is 15.9 Å². The van der Waals surface area contributed by atoms with Crippen LogP contribution < -0.4 is 0 Å². The molecule has 1 saturated heterocycles. The lowest BCUT2D eigenvalue weighted by molar-refractivity contribution is 0.245. The Morgan fingerprint density at radius 2 is 2.11 bits per heavy atom. The molecular weight excluding hydrogens is 336 g/mol. The van der Waals surface area contributed by atoms with Gasteiger partial charge in [0.15, 0.2) is 4.67 Å². The van der Waals surface area contributed by atoms with Gasteiger partial charge in [-0.2, -0.15) is 4.31 Å². The van der Waals surface area contributed by atoms with E-state index in [1.54, 1.807) is 0 Å². The van der Waals surface area contributed by atoms with Gasteiger partial charge in [0.05, 0.1) is 0 Å². The molecule has 108 valence electrons. The predicted molar refractivity (Wildman–Crippen MR) is 73.2 cm³/mol. The molecule has 1 aliphatic rings. The van der Waals surface area contributed by atoms with Gasteiger partial charge in [0.1, 0.15) is 17.3 Å². The first-order valence-corrected chi connectivity index (χ1v) is 8.26. The molecule has 0 saturated carbocycles. The van der Waals surface area contributed by atoms with Gasteiger partial charge in [-0.15, -0.1) is 0 Å². The van der Waals surface area contributed by atoms with Crippen LogP contribution in [0.3, 0.4) is 0 Å². The van der Waals surface area contributed by atoms with Crippen molar-refractivity contribution >= 4 is 26.0 Å². The molecule has 6 nitrogen and oxygen atoms in total. The molecule has 0 bridgehead atoms. The Hall–Kier alpha value is -0.410. The molecular formula is C11H17BrN2O4S. The Bertz CT molecular complexity index is 543. The molecule has 0 amide bonds. The van der Waals surface area contributed by atoms with Crippen LogP contribution in [0.25, 0.3) is 0 Å². The van der Waals surface area contributed by atoms with Gasteiger partial charge in [-0.3, -0.25) is 0 Å². The number of halogens is 1. The van der Waals surface area contributed by atoms with Gasteiger partial charge in [-0.05, 0) is 35.9 Å². The minimum absolute atomic E-state index is 0.0844. The molecule has 1 N–H and O–H groups in total. The average Bonchev–Trinajstić information content (AvgIpc) is 2.60. The van der Waals surface area contributed by atoms with Crippen LogP contribution in [0.5, 0.6) is 0 Å². The molecule has 19 heavy (non-hydrogen) atoms. The Kier molecular flexibility index (Phi) is 4.67. The Morgan fingerprint density at radius 1 is 1.37 bits per heavy atom. The number of aliphatic hydroxyl groups is 1. The van der Waals surface area contributed by atoms with E-state index < -0.39 is 10.0 Å². The van der Waals surface area contributed by atoms with Crippen molar-refractivity contribution in [3.63, 3.8) is 0 Å². The summed E-state index contributed by atoms with van der Waals surface area (Å²) in [6.45, 7) is 2.24. The maximum Gasteiger partial charge on any atom is 0.247 e. The summed E-state index contributed by atoms with van der Waals surface area (Å²) in [7, 11) is -1.59. The molecule has 1 aromatic rings. The number of hydrogen-bond acceptors (Lipinski definition) is 5. The Balaban J connectivity index is 2.28. The highest BCUT2D eigenvalue weighted by Gasteiger charge is 2.30. The van der Waals surface area contributed by atoms with E-state index >= 15 is 0 Å². The lowest BCUT2D eigenvalue weighted by Crippen LogP contribution is -2.34. The zero-order valence-corrected chi connectivity index (χ0v) is 13.1. The van der Waals surface area contributed by atoms with Crippen LogP contribution in [0.15, 0.2) is 20.0 Å². The van der Waals surface area contributed by atoms with E-state index in [4.69, 9.17) is 9.52 Å². The van der Waals surface area contributed by atoms with Crippen molar-refractivity contribution in [1.82, 2.24) is 9.21 Å². The number of aliphatic hydroxyl groups excluding tert-OH is 1. The van der Waals surface area contributed by atoms with Gasteiger partial charge < -0.3 is 14.4 Å². The van der Waals surface area contributed by atoms with Gasteiger partial charge in [0.2, 0.25) is 10.0 Å². The largest absolute Gasteiger partial charge is 0.450 e. The fraction of sp³-hybridized carbons (Fsp3) is 0.636. The Morgan fingerprint density at radius 3 is 2.74 bits per heavy atom. The van der Waals surface area contributed by atoms with Crippen molar-refractivity contribution in [3.05, 3.63) is 16.5 Å². The van der Waals surface area contributed by atoms with Gasteiger partial charge in [0.25, 0.3) is 0 Å². The summed E-state index contributed by atoms with van der Waals surface area (Å²) in [5.41, 5.74) is 0. The summed E-state index contributed by atoms with van der Waals surface area (Å²) in [5.74, 6) is 0.234. The summed E-state index contributed by atoms with van der Waals surface area (Å²) in [6, 6.07) is 1.37. The van der Waals surface area contributed by atoms with Crippen LogP contribution in [0.4, 0.5) is 0 Å². The molecule has 0 spiro atoms. The third kappa shape index (κ3) is 3.19. The van der Waals surface area contributed by atoms with Crippen molar-refractivity contribution in [2.24, 2.45) is 0 Å². The standard InChI is InChI=1S/C11H17BrN2O4S/c1-13-3-2-4-14(6-5-13)19(16,17)10-7-9(8-15)18-11(10)12/h7,15H,2-6,8H2,1H3. The van der Waals surface area contributed by atoms with Crippen molar-refractivity contribution in [1.29, 1.82) is 0 Å². The fourth-order valence-corrected chi connectivity index (χ4v) is 4.48. The first-order chi connectivity index (χ1) is 8.95. The number of rotatable bonds is 3. The van der Waals surface area contributed by atoms with E-state index in [9.17, 15) is 8.42 Å². The number of sulfonamides is 1. The number of hydrogen-bond donors (Lipinski definition) is 1. The molecule has 2 rings (SSSR count). The molecule has 2 heterocycles. The maximum atomic E-state index is 12.5. The van der Waals surface area contributed by atoms with Gasteiger partial charge >= 0.3 is 0 Å².